The zero-order valence-electron chi connectivity index (χ0n) is 9.28. The number of quaternary nitrogens is 1. The number of aromatic amines is 1. The van der Waals surface area contributed by atoms with Crippen LogP contribution in [0.4, 0.5) is 0 Å². The average molecular weight is 219 g/mol. The van der Waals surface area contributed by atoms with Crippen LogP contribution in [0.1, 0.15) is 0 Å². The summed E-state index contributed by atoms with van der Waals surface area (Å²) in [4.78, 5) is 4.88. The minimum Gasteiger partial charge on any atom is -0.370 e. The Morgan fingerprint density at radius 2 is 2.06 bits per heavy atom. The molecule has 4 heteroatoms. The molecule has 84 valence electrons. The molecule has 1 aromatic carbocycles. The molecule has 0 atom stereocenters. The van der Waals surface area contributed by atoms with E-state index >= 15 is 0 Å². The molecule has 0 amide bonds. The highest BCUT2D eigenvalue weighted by molar-refractivity contribution is 5.70. The van der Waals surface area contributed by atoms with E-state index in [4.69, 9.17) is 4.74 Å². The summed E-state index contributed by atoms with van der Waals surface area (Å²) >= 11 is 0. The van der Waals surface area contributed by atoms with Crippen molar-refractivity contribution in [2.75, 3.05) is 26.3 Å². The lowest BCUT2D eigenvalue weighted by molar-refractivity contribution is -1.04. The first-order valence-electron chi connectivity index (χ1n) is 5.80. The number of fused-ring (bicyclic) bond motifs is 1. The highest BCUT2D eigenvalue weighted by atomic mass is 16.5. The Balaban J connectivity index is 1.83. The Kier molecular flexibility index (Phi) is 2.60. The third kappa shape index (κ3) is 1.81. The number of hydrogen-bond acceptors (Lipinski definition) is 1. The number of nitrogens with one attached hydrogen (secondary N) is 2. The Hall–Kier alpha value is -1.39. The van der Waals surface area contributed by atoms with Crippen molar-refractivity contribution < 1.29 is 14.2 Å². The van der Waals surface area contributed by atoms with Crippen molar-refractivity contribution in [1.82, 2.24) is 4.98 Å². The molecule has 1 aromatic heterocycles. The standard InChI is InChI=1S/C12H15N3O/c1-2-4-12-11(3-1)13-9-15(12)10-14-5-7-16-8-6-14/h1-4,9H,5-8,10H2/p+2. The molecule has 2 N–H and O–H groups in total. The zero-order valence-corrected chi connectivity index (χ0v) is 9.28. The Bertz CT molecular complexity index is 474. The van der Waals surface area contributed by atoms with Gasteiger partial charge in [-0.25, -0.2) is 4.98 Å². The van der Waals surface area contributed by atoms with Gasteiger partial charge in [0.05, 0.1) is 13.2 Å². The molecule has 0 unspecified atom stereocenters. The second-order valence-corrected chi connectivity index (χ2v) is 4.28. The second kappa shape index (κ2) is 4.23. The highest BCUT2D eigenvalue weighted by Gasteiger charge is 2.18. The molecule has 0 aliphatic carbocycles. The van der Waals surface area contributed by atoms with Crippen molar-refractivity contribution in [3.63, 3.8) is 0 Å². The summed E-state index contributed by atoms with van der Waals surface area (Å²) in [5.41, 5.74) is 2.48. The monoisotopic (exact) mass is 219 g/mol. The molecule has 1 aliphatic heterocycles. The van der Waals surface area contributed by atoms with E-state index in [0.717, 1.165) is 33.0 Å². The lowest BCUT2D eigenvalue weighted by atomic mass is 10.3. The summed E-state index contributed by atoms with van der Waals surface area (Å²) in [6.07, 6.45) is 2.06. The van der Waals surface area contributed by atoms with Crippen LogP contribution >= 0.6 is 0 Å². The van der Waals surface area contributed by atoms with Gasteiger partial charge in [0.1, 0.15) is 13.1 Å². The van der Waals surface area contributed by atoms with Gasteiger partial charge < -0.3 is 4.74 Å². The van der Waals surface area contributed by atoms with Crippen LogP contribution in [-0.4, -0.2) is 31.3 Å². The predicted molar refractivity (Wildman–Crippen MR) is 60.0 cm³/mol. The number of nitrogens with zero attached hydrogens (tertiary/aromatic N) is 1. The van der Waals surface area contributed by atoms with Gasteiger partial charge in [0, 0.05) is 0 Å². The molecule has 0 saturated carbocycles. The number of H-pyrrole nitrogens is 1. The molecule has 16 heavy (non-hydrogen) atoms. The molecule has 2 heterocycles. The highest BCUT2D eigenvalue weighted by Crippen LogP contribution is 2.04. The number of rotatable bonds is 2. The summed E-state index contributed by atoms with van der Waals surface area (Å²) in [7, 11) is 0. The summed E-state index contributed by atoms with van der Waals surface area (Å²) in [5, 5.41) is 0. The third-order valence-electron chi connectivity index (χ3n) is 3.18. The summed E-state index contributed by atoms with van der Waals surface area (Å²) < 4.78 is 7.66. The topological polar surface area (TPSA) is 33.3 Å². The maximum atomic E-state index is 5.37. The Labute approximate surface area is 94.4 Å². The van der Waals surface area contributed by atoms with E-state index in [0.29, 0.717) is 0 Å². The van der Waals surface area contributed by atoms with Gasteiger partial charge in [-0.05, 0) is 12.1 Å². The fourth-order valence-corrected chi connectivity index (χ4v) is 2.25. The number of imidazole rings is 1. The van der Waals surface area contributed by atoms with E-state index in [1.165, 1.54) is 11.0 Å². The molecule has 4 nitrogen and oxygen atoms in total. The fraction of sp³-hybridized carbons (Fsp3) is 0.417. The van der Waals surface area contributed by atoms with Gasteiger partial charge in [0.2, 0.25) is 13.0 Å². The minimum absolute atomic E-state index is 0.887. The van der Waals surface area contributed by atoms with E-state index in [1.54, 1.807) is 4.90 Å². The van der Waals surface area contributed by atoms with Gasteiger partial charge in [0.25, 0.3) is 0 Å². The van der Waals surface area contributed by atoms with Crippen molar-refractivity contribution in [3.05, 3.63) is 30.6 Å². The van der Waals surface area contributed by atoms with Crippen LogP contribution in [0.5, 0.6) is 0 Å². The maximum Gasteiger partial charge on any atom is 0.247 e. The first-order valence-corrected chi connectivity index (χ1v) is 5.80. The lowest BCUT2D eigenvalue weighted by Gasteiger charge is -2.21. The number of morpholine rings is 1. The Morgan fingerprint density at radius 1 is 1.25 bits per heavy atom. The average Bonchev–Trinajstić information content (AvgIpc) is 2.74. The van der Waals surface area contributed by atoms with Gasteiger partial charge >= 0.3 is 0 Å². The van der Waals surface area contributed by atoms with Crippen molar-refractivity contribution >= 4 is 11.0 Å². The van der Waals surface area contributed by atoms with E-state index in [2.05, 4.69) is 40.1 Å². The summed E-state index contributed by atoms with van der Waals surface area (Å²) in [5.74, 6) is 0. The zero-order chi connectivity index (χ0) is 10.8. The minimum atomic E-state index is 0.887. The van der Waals surface area contributed by atoms with Gasteiger partial charge in [-0.3, -0.25) is 4.90 Å². The van der Waals surface area contributed by atoms with Crippen LogP contribution in [0, 0.1) is 0 Å². The van der Waals surface area contributed by atoms with Crippen LogP contribution in [0.25, 0.3) is 11.0 Å². The van der Waals surface area contributed by atoms with Crippen LogP contribution in [0.3, 0.4) is 0 Å². The van der Waals surface area contributed by atoms with Crippen LogP contribution in [-0.2, 0) is 11.4 Å². The molecule has 3 rings (SSSR count). The number of aromatic nitrogens is 2. The number of ether oxygens (including phenoxy) is 1. The molecule has 2 aromatic rings. The van der Waals surface area contributed by atoms with E-state index in [9.17, 15) is 0 Å². The summed E-state index contributed by atoms with van der Waals surface area (Å²) in [6, 6.07) is 8.41. The van der Waals surface area contributed by atoms with E-state index in [-0.39, 0.29) is 0 Å². The number of benzene rings is 1. The van der Waals surface area contributed by atoms with Gasteiger partial charge in [0.15, 0.2) is 11.0 Å². The molecular weight excluding hydrogens is 202 g/mol. The maximum absolute atomic E-state index is 5.37. The second-order valence-electron chi connectivity index (χ2n) is 4.28. The van der Waals surface area contributed by atoms with Crippen molar-refractivity contribution in [1.29, 1.82) is 0 Å². The normalized spacial score (nSPS) is 18.0. The summed E-state index contributed by atoms with van der Waals surface area (Å²) in [6.45, 7) is 5.00. The van der Waals surface area contributed by atoms with Crippen LogP contribution in [0.2, 0.25) is 0 Å². The van der Waals surface area contributed by atoms with Crippen LogP contribution < -0.4 is 9.47 Å². The molecule has 1 aliphatic rings. The molecular formula is C12H17N3O+2. The number of hydrogen-bond donors (Lipinski definition) is 2. The van der Waals surface area contributed by atoms with Crippen molar-refractivity contribution in [3.8, 4) is 0 Å². The lowest BCUT2D eigenvalue weighted by Crippen LogP contribution is -3.15. The largest absolute Gasteiger partial charge is 0.370 e. The molecule has 1 fully saturated rings. The molecule has 1 saturated heterocycles. The third-order valence-corrected chi connectivity index (χ3v) is 3.18. The van der Waals surface area contributed by atoms with E-state index in [1.807, 2.05) is 0 Å². The molecule has 0 bridgehead atoms. The fourth-order valence-electron chi connectivity index (χ4n) is 2.25. The molecule has 0 radical (unpaired) electrons. The van der Waals surface area contributed by atoms with Gasteiger partial charge in [-0.15, -0.1) is 0 Å². The quantitative estimate of drug-likeness (QED) is 0.645. The van der Waals surface area contributed by atoms with Gasteiger partial charge in [-0.1, -0.05) is 12.1 Å². The van der Waals surface area contributed by atoms with Gasteiger partial charge in [-0.2, -0.15) is 4.57 Å². The molecule has 0 spiro atoms. The van der Waals surface area contributed by atoms with Crippen molar-refractivity contribution in [2.45, 2.75) is 6.67 Å². The smallest absolute Gasteiger partial charge is 0.247 e. The van der Waals surface area contributed by atoms with Crippen LogP contribution in [0.15, 0.2) is 30.6 Å². The Morgan fingerprint density at radius 3 is 2.94 bits per heavy atom. The first-order chi connectivity index (χ1) is 7.93. The SMILES string of the molecule is c1ccc2c(c1)[nH]c[n+]2C[NH+]1CCOCC1. The number of para-hydroxylation sites is 2. The first kappa shape index (κ1) is 9.81. The van der Waals surface area contributed by atoms with Crippen molar-refractivity contribution in [2.24, 2.45) is 0 Å². The van der Waals surface area contributed by atoms with E-state index < -0.39 is 0 Å². The predicted octanol–water partition coefficient (Wildman–Crippen LogP) is -0.672.